The number of ether oxygens (including phenoxy) is 1. The fraction of sp³-hybridized carbons (Fsp3) is 0.824. The van der Waals surface area contributed by atoms with Crippen molar-refractivity contribution < 1.29 is 19.1 Å². The van der Waals surface area contributed by atoms with Gasteiger partial charge in [-0.05, 0) is 39.5 Å². The van der Waals surface area contributed by atoms with Gasteiger partial charge in [0.05, 0.1) is 6.04 Å². The van der Waals surface area contributed by atoms with E-state index in [1.165, 1.54) is 18.9 Å². The zero-order valence-electron chi connectivity index (χ0n) is 15.9. The van der Waals surface area contributed by atoms with Crippen LogP contribution in [0, 0.1) is 11.8 Å². The quantitative estimate of drug-likeness (QED) is 0.813. The minimum Gasteiger partial charge on any atom is -0.444 e. The molecule has 134 valence electrons. The van der Waals surface area contributed by atoms with Crippen molar-refractivity contribution in [1.82, 2.24) is 10.2 Å². The van der Waals surface area contributed by atoms with Crippen LogP contribution in [0.25, 0.3) is 0 Å². The summed E-state index contributed by atoms with van der Waals surface area (Å²) in [4.78, 5) is 37.8. The maximum Gasteiger partial charge on any atom is 0.410 e. The van der Waals surface area contributed by atoms with E-state index < -0.39 is 23.8 Å². The van der Waals surface area contributed by atoms with E-state index in [9.17, 15) is 14.4 Å². The van der Waals surface area contributed by atoms with E-state index in [1.807, 2.05) is 27.7 Å². The van der Waals surface area contributed by atoms with Crippen LogP contribution in [0.1, 0.15) is 55.4 Å². The molecule has 0 spiro atoms. The lowest BCUT2D eigenvalue weighted by molar-refractivity contribution is -0.132. The van der Waals surface area contributed by atoms with E-state index in [1.54, 1.807) is 20.8 Å². The Morgan fingerprint density at radius 2 is 1.48 bits per heavy atom. The molecule has 0 aliphatic carbocycles. The zero-order valence-corrected chi connectivity index (χ0v) is 15.9. The molecule has 2 amide bonds. The number of carbonyl (C=O) groups is 3. The van der Waals surface area contributed by atoms with Crippen LogP contribution < -0.4 is 5.32 Å². The van der Waals surface area contributed by atoms with E-state index >= 15 is 0 Å². The second kappa shape index (κ2) is 8.31. The number of likely N-dealkylation sites (N-methyl/N-ethyl adjacent to an activating group) is 1. The Kier molecular flexibility index (Phi) is 7.74. The molecule has 0 saturated heterocycles. The molecular weight excluding hydrogens is 296 g/mol. The monoisotopic (exact) mass is 328 g/mol. The Hall–Kier alpha value is -1.59. The summed E-state index contributed by atoms with van der Waals surface area (Å²) in [5.41, 5.74) is -0.636. The molecule has 0 aromatic heterocycles. The number of nitrogens with one attached hydrogen (secondary N) is 1. The van der Waals surface area contributed by atoms with Crippen molar-refractivity contribution in [3.63, 3.8) is 0 Å². The van der Waals surface area contributed by atoms with Crippen LogP contribution in [-0.2, 0) is 14.3 Å². The maximum absolute atomic E-state index is 12.6. The van der Waals surface area contributed by atoms with Crippen molar-refractivity contribution >= 4 is 17.8 Å². The number of hydrogen-bond acceptors (Lipinski definition) is 4. The zero-order chi connectivity index (χ0) is 18.5. The van der Waals surface area contributed by atoms with Gasteiger partial charge in [0, 0.05) is 7.05 Å². The molecule has 23 heavy (non-hydrogen) atoms. The second-order valence-electron chi connectivity index (χ2n) is 7.62. The standard InChI is InChI=1S/C17H32N2O4/c1-10(2)13(12(5)20)18-15(21)14(11(3)4)19(9)16(22)23-17(6,7)8/h10-11,13-14H,1-9H3,(H,18,21). The van der Waals surface area contributed by atoms with Crippen molar-refractivity contribution in [3.8, 4) is 0 Å². The summed E-state index contributed by atoms with van der Waals surface area (Å²) in [7, 11) is 1.54. The minimum atomic E-state index is -0.703. The SMILES string of the molecule is CC(=O)C(NC(=O)C(C(C)C)N(C)C(=O)OC(C)(C)C)C(C)C. The molecular formula is C17H32N2O4. The van der Waals surface area contributed by atoms with E-state index in [0.717, 1.165) is 0 Å². The van der Waals surface area contributed by atoms with Gasteiger partial charge in [-0.2, -0.15) is 0 Å². The first-order chi connectivity index (χ1) is 10.3. The van der Waals surface area contributed by atoms with Gasteiger partial charge < -0.3 is 10.1 Å². The van der Waals surface area contributed by atoms with Gasteiger partial charge in [0.1, 0.15) is 11.6 Å². The summed E-state index contributed by atoms with van der Waals surface area (Å²) in [6.45, 7) is 14.2. The first kappa shape index (κ1) is 21.4. The molecule has 6 nitrogen and oxygen atoms in total. The number of Topliss-reactive ketones (excluding diaryl/α,β-unsaturated/α-hetero) is 1. The van der Waals surface area contributed by atoms with Crippen LogP contribution in [0.4, 0.5) is 4.79 Å². The van der Waals surface area contributed by atoms with Crippen LogP contribution >= 0.6 is 0 Å². The van der Waals surface area contributed by atoms with Gasteiger partial charge in [0.2, 0.25) is 5.91 Å². The summed E-state index contributed by atoms with van der Waals surface area (Å²) >= 11 is 0. The van der Waals surface area contributed by atoms with E-state index in [2.05, 4.69) is 5.32 Å². The second-order valence-corrected chi connectivity index (χ2v) is 7.62. The molecule has 0 heterocycles. The summed E-state index contributed by atoms with van der Waals surface area (Å²) < 4.78 is 5.32. The lowest BCUT2D eigenvalue weighted by atomic mass is 9.97. The van der Waals surface area contributed by atoms with Gasteiger partial charge >= 0.3 is 6.09 Å². The molecule has 0 aliphatic heterocycles. The number of nitrogens with zero attached hydrogens (tertiary/aromatic N) is 1. The highest BCUT2D eigenvalue weighted by molar-refractivity contribution is 5.91. The fourth-order valence-corrected chi connectivity index (χ4v) is 2.35. The van der Waals surface area contributed by atoms with Gasteiger partial charge in [-0.15, -0.1) is 0 Å². The van der Waals surface area contributed by atoms with Crippen LogP contribution in [0.3, 0.4) is 0 Å². The van der Waals surface area contributed by atoms with E-state index in [-0.39, 0.29) is 23.5 Å². The van der Waals surface area contributed by atoms with Crippen molar-refractivity contribution in [1.29, 1.82) is 0 Å². The van der Waals surface area contributed by atoms with Gasteiger partial charge in [-0.1, -0.05) is 27.7 Å². The van der Waals surface area contributed by atoms with Crippen LogP contribution in [0.15, 0.2) is 0 Å². The fourth-order valence-electron chi connectivity index (χ4n) is 2.35. The molecule has 0 bridgehead atoms. The highest BCUT2D eigenvalue weighted by Gasteiger charge is 2.34. The first-order valence-electron chi connectivity index (χ1n) is 8.04. The smallest absolute Gasteiger partial charge is 0.410 e. The predicted molar refractivity (Wildman–Crippen MR) is 90.1 cm³/mol. The molecule has 0 radical (unpaired) electrons. The molecule has 0 fully saturated rings. The Morgan fingerprint density at radius 3 is 1.78 bits per heavy atom. The highest BCUT2D eigenvalue weighted by atomic mass is 16.6. The number of hydrogen-bond donors (Lipinski definition) is 1. The number of amides is 2. The molecule has 2 unspecified atom stereocenters. The van der Waals surface area contributed by atoms with E-state index in [4.69, 9.17) is 4.74 Å². The molecule has 0 aromatic rings. The average Bonchev–Trinajstić information content (AvgIpc) is 2.32. The van der Waals surface area contributed by atoms with Crippen molar-refractivity contribution in [3.05, 3.63) is 0 Å². The Labute approximate surface area is 139 Å². The Morgan fingerprint density at radius 1 is 1.00 bits per heavy atom. The number of rotatable bonds is 6. The summed E-state index contributed by atoms with van der Waals surface area (Å²) in [6, 6.07) is -1.26. The lowest BCUT2D eigenvalue weighted by Crippen LogP contribution is -2.55. The molecule has 6 heteroatoms. The first-order valence-corrected chi connectivity index (χ1v) is 8.04. The molecule has 1 N–H and O–H groups in total. The highest BCUT2D eigenvalue weighted by Crippen LogP contribution is 2.16. The van der Waals surface area contributed by atoms with Crippen LogP contribution in [0.2, 0.25) is 0 Å². The van der Waals surface area contributed by atoms with Crippen molar-refractivity contribution in [2.45, 2.75) is 73.1 Å². The summed E-state index contributed by atoms with van der Waals surface area (Å²) in [6.07, 6.45) is -0.560. The largest absolute Gasteiger partial charge is 0.444 e. The third-order valence-corrected chi connectivity index (χ3v) is 3.40. The average molecular weight is 328 g/mol. The Bertz CT molecular complexity index is 438. The topological polar surface area (TPSA) is 75.7 Å². The molecule has 0 aromatic carbocycles. The normalized spacial score (nSPS) is 14.4. The summed E-state index contributed by atoms with van der Waals surface area (Å²) in [5.74, 6) is -0.582. The van der Waals surface area contributed by atoms with Gasteiger partial charge in [0.15, 0.2) is 5.78 Å². The number of carbonyl (C=O) groups excluding carboxylic acids is 3. The Balaban J connectivity index is 5.21. The van der Waals surface area contributed by atoms with Gasteiger partial charge in [-0.25, -0.2) is 4.79 Å². The van der Waals surface area contributed by atoms with Crippen molar-refractivity contribution in [2.24, 2.45) is 11.8 Å². The van der Waals surface area contributed by atoms with Crippen molar-refractivity contribution in [2.75, 3.05) is 7.05 Å². The molecule has 0 saturated carbocycles. The minimum absolute atomic E-state index is 0.0175. The lowest BCUT2D eigenvalue weighted by Gasteiger charge is -2.33. The third-order valence-electron chi connectivity index (χ3n) is 3.40. The number of ketones is 1. The van der Waals surface area contributed by atoms with Gasteiger partial charge in [0.25, 0.3) is 0 Å². The predicted octanol–water partition coefficient (Wildman–Crippen LogP) is 2.61. The molecule has 2 atom stereocenters. The molecule has 0 rings (SSSR count). The molecule has 0 aliphatic rings. The third kappa shape index (κ3) is 7.01. The van der Waals surface area contributed by atoms with E-state index in [0.29, 0.717) is 0 Å². The summed E-state index contributed by atoms with van der Waals surface area (Å²) in [5, 5.41) is 2.76. The van der Waals surface area contributed by atoms with Crippen LogP contribution in [-0.4, -0.2) is 47.4 Å². The maximum atomic E-state index is 12.6. The van der Waals surface area contributed by atoms with Gasteiger partial charge in [-0.3, -0.25) is 14.5 Å². The van der Waals surface area contributed by atoms with Crippen LogP contribution in [0.5, 0.6) is 0 Å².